The monoisotopic (exact) mass is 334 g/mol. The lowest BCUT2D eigenvalue weighted by atomic mass is 9.72. The molecule has 0 atom stereocenters. The quantitative estimate of drug-likeness (QED) is 0.795. The molecule has 24 heavy (non-hydrogen) atoms. The van der Waals surface area contributed by atoms with Gasteiger partial charge in [-0.25, -0.2) is 4.98 Å². The Morgan fingerprint density at radius 1 is 1.29 bits per heavy atom. The summed E-state index contributed by atoms with van der Waals surface area (Å²) in [5, 5.41) is 0. The van der Waals surface area contributed by atoms with E-state index < -0.39 is 0 Å². The highest BCUT2D eigenvalue weighted by molar-refractivity contribution is 5.77. The zero-order valence-electron chi connectivity index (χ0n) is 15.0. The first-order valence-corrected chi connectivity index (χ1v) is 9.15. The van der Waals surface area contributed by atoms with Crippen molar-refractivity contribution < 1.29 is 9.53 Å². The molecule has 0 bridgehead atoms. The van der Waals surface area contributed by atoms with Gasteiger partial charge in [-0.3, -0.25) is 9.69 Å². The molecular weight excluding hydrogens is 304 g/mol. The molecule has 2 saturated heterocycles. The maximum Gasteiger partial charge on any atom is 0.222 e. The number of aryl methyl sites for hydroxylation is 1. The van der Waals surface area contributed by atoms with Crippen LogP contribution in [-0.4, -0.2) is 65.2 Å². The van der Waals surface area contributed by atoms with Crippen molar-refractivity contribution in [3.05, 3.63) is 18.2 Å². The minimum Gasteiger partial charge on any atom is -0.383 e. The van der Waals surface area contributed by atoms with Gasteiger partial charge in [0.2, 0.25) is 5.91 Å². The number of imidazole rings is 1. The van der Waals surface area contributed by atoms with Crippen molar-refractivity contribution in [2.24, 2.45) is 5.41 Å². The lowest BCUT2D eigenvalue weighted by Gasteiger charge is -2.47. The zero-order chi connectivity index (χ0) is 17.0. The van der Waals surface area contributed by atoms with Crippen molar-refractivity contribution in [3.63, 3.8) is 0 Å². The Hall–Kier alpha value is -1.40. The van der Waals surface area contributed by atoms with E-state index in [9.17, 15) is 4.79 Å². The molecule has 2 fully saturated rings. The highest BCUT2D eigenvalue weighted by atomic mass is 16.5. The lowest BCUT2D eigenvalue weighted by Crippen LogP contribution is -2.52. The van der Waals surface area contributed by atoms with Gasteiger partial charge >= 0.3 is 0 Å². The molecular formula is C18H30N4O2. The summed E-state index contributed by atoms with van der Waals surface area (Å²) >= 11 is 0. The number of hydrogen-bond acceptors (Lipinski definition) is 4. The van der Waals surface area contributed by atoms with E-state index >= 15 is 0 Å². The molecule has 1 aromatic heterocycles. The van der Waals surface area contributed by atoms with Crippen LogP contribution >= 0.6 is 0 Å². The van der Waals surface area contributed by atoms with Crippen LogP contribution in [0.25, 0.3) is 0 Å². The molecule has 0 aromatic carbocycles. The van der Waals surface area contributed by atoms with Gasteiger partial charge in [0.1, 0.15) is 5.82 Å². The van der Waals surface area contributed by atoms with E-state index in [4.69, 9.17) is 4.74 Å². The first kappa shape index (κ1) is 17.4. The Labute approximate surface area is 144 Å². The van der Waals surface area contributed by atoms with Crippen molar-refractivity contribution in [1.29, 1.82) is 0 Å². The molecule has 3 heterocycles. The summed E-state index contributed by atoms with van der Waals surface area (Å²) in [6.45, 7) is 8.54. The number of ether oxygens (including phenoxy) is 1. The molecule has 0 saturated carbocycles. The van der Waals surface area contributed by atoms with Crippen LogP contribution in [0.1, 0.15) is 38.4 Å². The van der Waals surface area contributed by atoms with Gasteiger partial charge < -0.3 is 14.2 Å². The minimum absolute atomic E-state index is 0.296. The molecule has 1 aromatic rings. The summed E-state index contributed by atoms with van der Waals surface area (Å²) in [6.07, 6.45) is 8.05. The number of aromatic nitrogens is 2. The van der Waals surface area contributed by atoms with Gasteiger partial charge in [0.25, 0.3) is 0 Å². The van der Waals surface area contributed by atoms with Crippen LogP contribution in [0.5, 0.6) is 0 Å². The number of likely N-dealkylation sites (tertiary alicyclic amines) is 2. The molecule has 0 N–H and O–H groups in total. The standard InChI is InChI=1S/C18H30N4O2/c1-3-21-11-8-19-16(21)14-20-9-6-18(7-10-20)5-4-17(23)22(15-18)12-13-24-2/h8,11H,3-7,9-10,12-15H2,1-2H3. The predicted octanol–water partition coefficient (Wildman–Crippen LogP) is 1.75. The topological polar surface area (TPSA) is 50.6 Å². The lowest BCUT2D eigenvalue weighted by molar-refractivity contribution is -0.140. The third-order valence-corrected chi connectivity index (χ3v) is 5.74. The summed E-state index contributed by atoms with van der Waals surface area (Å²) in [7, 11) is 1.70. The molecule has 2 aliphatic rings. The largest absolute Gasteiger partial charge is 0.383 e. The Morgan fingerprint density at radius 2 is 2.08 bits per heavy atom. The van der Waals surface area contributed by atoms with Gasteiger partial charge in [0.15, 0.2) is 0 Å². The first-order chi connectivity index (χ1) is 11.7. The Balaban J connectivity index is 1.55. The van der Waals surface area contributed by atoms with Crippen molar-refractivity contribution >= 4 is 5.91 Å². The fraction of sp³-hybridized carbons (Fsp3) is 0.778. The number of methoxy groups -OCH3 is 1. The number of piperidine rings is 2. The highest BCUT2D eigenvalue weighted by Crippen LogP contribution is 2.40. The summed E-state index contributed by atoms with van der Waals surface area (Å²) in [5.74, 6) is 1.46. The van der Waals surface area contributed by atoms with E-state index in [1.165, 1.54) is 12.8 Å². The summed E-state index contributed by atoms with van der Waals surface area (Å²) in [4.78, 5) is 21.1. The van der Waals surface area contributed by atoms with Gasteiger partial charge in [0.05, 0.1) is 13.2 Å². The normalized spacial score (nSPS) is 21.6. The van der Waals surface area contributed by atoms with E-state index in [-0.39, 0.29) is 0 Å². The maximum absolute atomic E-state index is 12.1. The number of carbonyl (C=O) groups is 1. The molecule has 2 aliphatic heterocycles. The minimum atomic E-state index is 0.296. The van der Waals surface area contributed by atoms with Gasteiger partial charge in [-0.15, -0.1) is 0 Å². The number of rotatable bonds is 6. The maximum atomic E-state index is 12.1. The third-order valence-electron chi connectivity index (χ3n) is 5.74. The molecule has 0 aliphatic carbocycles. The third kappa shape index (κ3) is 3.81. The second-order valence-electron chi connectivity index (χ2n) is 7.21. The van der Waals surface area contributed by atoms with Gasteiger partial charge in [-0.2, -0.15) is 0 Å². The molecule has 0 radical (unpaired) electrons. The molecule has 0 unspecified atom stereocenters. The summed E-state index contributed by atoms with van der Waals surface area (Å²) in [6, 6.07) is 0. The van der Waals surface area contributed by atoms with Crippen molar-refractivity contribution in [1.82, 2.24) is 19.4 Å². The number of carbonyl (C=O) groups excluding carboxylic acids is 1. The average molecular weight is 334 g/mol. The van der Waals surface area contributed by atoms with Gasteiger partial charge in [-0.1, -0.05) is 0 Å². The summed E-state index contributed by atoms with van der Waals surface area (Å²) in [5.41, 5.74) is 0.318. The Bertz CT molecular complexity index is 549. The van der Waals surface area contributed by atoms with E-state index in [0.29, 0.717) is 24.3 Å². The van der Waals surface area contributed by atoms with Crippen molar-refractivity contribution in [3.8, 4) is 0 Å². The predicted molar refractivity (Wildman–Crippen MR) is 92.5 cm³/mol. The first-order valence-electron chi connectivity index (χ1n) is 9.15. The van der Waals surface area contributed by atoms with E-state index in [2.05, 4.69) is 27.6 Å². The van der Waals surface area contributed by atoms with E-state index in [0.717, 1.165) is 51.5 Å². The average Bonchev–Trinajstić information content (AvgIpc) is 3.05. The molecule has 1 spiro atoms. The molecule has 3 rings (SSSR count). The van der Waals surface area contributed by atoms with E-state index in [1.54, 1.807) is 7.11 Å². The molecule has 6 heteroatoms. The van der Waals surface area contributed by atoms with Crippen molar-refractivity contribution in [2.75, 3.05) is 39.9 Å². The Kier molecular flexibility index (Phi) is 5.56. The second-order valence-corrected chi connectivity index (χ2v) is 7.21. The number of hydrogen-bond donors (Lipinski definition) is 0. The molecule has 1 amide bonds. The smallest absolute Gasteiger partial charge is 0.222 e. The van der Waals surface area contributed by atoms with Crippen LogP contribution in [0.3, 0.4) is 0 Å². The Morgan fingerprint density at radius 3 is 2.79 bits per heavy atom. The van der Waals surface area contributed by atoms with Gasteiger partial charge in [-0.05, 0) is 44.7 Å². The SMILES string of the molecule is CCn1ccnc1CN1CCC2(CCC(=O)N(CCOC)C2)CC1. The molecule has 134 valence electrons. The number of amides is 1. The summed E-state index contributed by atoms with van der Waals surface area (Å²) < 4.78 is 7.37. The van der Waals surface area contributed by atoms with Crippen LogP contribution in [0.15, 0.2) is 12.4 Å². The molecule has 6 nitrogen and oxygen atoms in total. The fourth-order valence-electron chi connectivity index (χ4n) is 4.08. The second kappa shape index (κ2) is 7.66. The van der Waals surface area contributed by atoms with Crippen LogP contribution in [0.2, 0.25) is 0 Å². The zero-order valence-corrected chi connectivity index (χ0v) is 15.0. The van der Waals surface area contributed by atoms with Crippen LogP contribution < -0.4 is 0 Å². The van der Waals surface area contributed by atoms with Crippen LogP contribution in [0, 0.1) is 5.41 Å². The highest BCUT2D eigenvalue weighted by Gasteiger charge is 2.40. The number of nitrogens with zero attached hydrogens (tertiary/aromatic N) is 4. The van der Waals surface area contributed by atoms with Crippen molar-refractivity contribution in [2.45, 2.75) is 45.7 Å². The van der Waals surface area contributed by atoms with Crippen LogP contribution in [-0.2, 0) is 22.6 Å². The van der Waals surface area contributed by atoms with Crippen LogP contribution in [0.4, 0.5) is 0 Å². The van der Waals surface area contributed by atoms with Gasteiger partial charge in [0, 0.05) is 45.6 Å². The fourth-order valence-corrected chi connectivity index (χ4v) is 4.08. The van der Waals surface area contributed by atoms with E-state index in [1.807, 2.05) is 11.1 Å².